The van der Waals surface area contributed by atoms with Crippen LogP contribution in [0.4, 0.5) is 0 Å². The third-order valence-electron chi connectivity index (χ3n) is 5.62. The number of thioether (sulfide) groups is 1. The summed E-state index contributed by atoms with van der Waals surface area (Å²) >= 11 is 1.52. The smallest absolute Gasteiger partial charge is 0.326 e. The Balaban J connectivity index is 1.76. The number of aliphatic carboxylic acids is 1. The summed E-state index contributed by atoms with van der Waals surface area (Å²) in [5, 5.41) is 17.8. The highest BCUT2D eigenvalue weighted by molar-refractivity contribution is 7.98. The van der Waals surface area contributed by atoms with Crippen molar-refractivity contribution in [2.75, 3.05) is 18.6 Å². The van der Waals surface area contributed by atoms with Gasteiger partial charge < -0.3 is 21.1 Å². The second kappa shape index (κ2) is 12.2. The minimum Gasteiger partial charge on any atom is -0.480 e. The summed E-state index contributed by atoms with van der Waals surface area (Å²) in [6.07, 6.45) is 3.50. The zero-order valence-electron chi connectivity index (χ0n) is 19.0. The van der Waals surface area contributed by atoms with Gasteiger partial charge in [-0.1, -0.05) is 36.4 Å². The summed E-state index contributed by atoms with van der Waals surface area (Å²) in [5.41, 5.74) is 2.49. The SMILES string of the molecule is CSCCC(NC(=O)c1ccc(CC(=O)NCC2CCC(=O)N2)cc1-c1ccccc1)C(=O)O. The molecule has 2 aromatic carbocycles. The lowest BCUT2D eigenvalue weighted by molar-refractivity contribution is -0.139. The first-order valence-corrected chi connectivity index (χ1v) is 12.5. The Labute approximate surface area is 202 Å². The topological polar surface area (TPSA) is 125 Å². The Morgan fingerprint density at radius 1 is 1.18 bits per heavy atom. The van der Waals surface area contributed by atoms with Gasteiger partial charge in [-0.05, 0) is 53.7 Å². The van der Waals surface area contributed by atoms with Gasteiger partial charge >= 0.3 is 5.97 Å². The van der Waals surface area contributed by atoms with Crippen molar-refractivity contribution >= 4 is 35.5 Å². The summed E-state index contributed by atoms with van der Waals surface area (Å²) in [5.74, 6) is -1.11. The van der Waals surface area contributed by atoms with Crippen molar-refractivity contribution in [1.82, 2.24) is 16.0 Å². The third-order valence-corrected chi connectivity index (χ3v) is 6.27. The maximum Gasteiger partial charge on any atom is 0.326 e. The van der Waals surface area contributed by atoms with Crippen LogP contribution in [0.1, 0.15) is 35.2 Å². The number of benzene rings is 2. The molecule has 0 radical (unpaired) electrons. The van der Waals surface area contributed by atoms with E-state index in [0.29, 0.717) is 42.7 Å². The molecule has 1 heterocycles. The van der Waals surface area contributed by atoms with Crippen LogP contribution in [0.5, 0.6) is 0 Å². The largest absolute Gasteiger partial charge is 0.480 e. The van der Waals surface area contributed by atoms with Crippen LogP contribution in [0.25, 0.3) is 11.1 Å². The minimum absolute atomic E-state index is 0.000738. The molecule has 1 fully saturated rings. The summed E-state index contributed by atoms with van der Waals surface area (Å²) in [7, 11) is 0. The summed E-state index contributed by atoms with van der Waals surface area (Å²) in [6, 6.07) is 13.4. The fourth-order valence-electron chi connectivity index (χ4n) is 3.80. The second-order valence-corrected chi connectivity index (χ2v) is 9.16. The van der Waals surface area contributed by atoms with E-state index < -0.39 is 17.9 Å². The van der Waals surface area contributed by atoms with Crippen molar-refractivity contribution in [3.05, 3.63) is 59.7 Å². The van der Waals surface area contributed by atoms with Gasteiger partial charge in [-0.25, -0.2) is 4.79 Å². The molecule has 9 heteroatoms. The van der Waals surface area contributed by atoms with Crippen LogP contribution in [-0.2, 0) is 20.8 Å². The fourth-order valence-corrected chi connectivity index (χ4v) is 4.27. The van der Waals surface area contributed by atoms with E-state index in [1.165, 1.54) is 11.8 Å². The molecule has 3 rings (SSSR count). The van der Waals surface area contributed by atoms with Crippen molar-refractivity contribution in [3.8, 4) is 11.1 Å². The van der Waals surface area contributed by atoms with Crippen molar-refractivity contribution < 1.29 is 24.3 Å². The monoisotopic (exact) mass is 483 g/mol. The van der Waals surface area contributed by atoms with Gasteiger partial charge in [0.15, 0.2) is 0 Å². The van der Waals surface area contributed by atoms with Crippen molar-refractivity contribution in [2.24, 2.45) is 0 Å². The number of carboxylic acid groups (broad SMARTS) is 1. The number of carbonyl (C=O) groups is 4. The van der Waals surface area contributed by atoms with Crippen LogP contribution in [0.2, 0.25) is 0 Å². The van der Waals surface area contributed by atoms with Crippen LogP contribution in [0.3, 0.4) is 0 Å². The number of hydrogen-bond acceptors (Lipinski definition) is 5. The summed E-state index contributed by atoms with van der Waals surface area (Å²) in [4.78, 5) is 48.4. The molecule has 0 spiro atoms. The van der Waals surface area contributed by atoms with Gasteiger partial charge in [-0.2, -0.15) is 11.8 Å². The molecule has 3 amide bonds. The van der Waals surface area contributed by atoms with E-state index in [9.17, 15) is 24.3 Å². The van der Waals surface area contributed by atoms with Gasteiger partial charge in [0.05, 0.1) is 6.42 Å². The number of amides is 3. The molecule has 1 saturated heterocycles. The Kier molecular flexibility index (Phi) is 9.09. The molecule has 1 aliphatic rings. The normalized spacial score (nSPS) is 15.9. The first kappa shape index (κ1) is 25.3. The number of carbonyl (C=O) groups excluding carboxylic acids is 3. The van der Waals surface area contributed by atoms with Crippen LogP contribution in [0.15, 0.2) is 48.5 Å². The molecule has 2 atom stereocenters. The predicted molar refractivity (Wildman–Crippen MR) is 132 cm³/mol. The predicted octanol–water partition coefficient (Wildman–Crippen LogP) is 2.23. The third kappa shape index (κ3) is 7.08. The molecule has 0 bridgehead atoms. The Hall–Kier alpha value is -3.33. The molecule has 34 heavy (non-hydrogen) atoms. The molecule has 180 valence electrons. The van der Waals surface area contributed by atoms with E-state index in [1.54, 1.807) is 18.2 Å². The average Bonchev–Trinajstić information content (AvgIpc) is 3.25. The Morgan fingerprint density at radius 2 is 1.94 bits per heavy atom. The minimum atomic E-state index is -1.07. The highest BCUT2D eigenvalue weighted by Crippen LogP contribution is 2.26. The van der Waals surface area contributed by atoms with E-state index in [-0.39, 0.29) is 24.3 Å². The first-order chi connectivity index (χ1) is 16.4. The number of hydrogen-bond donors (Lipinski definition) is 4. The molecule has 4 N–H and O–H groups in total. The molecule has 2 aromatic rings. The number of nitrogens with one attached hydrogen (secondary N) is 3. The van der Waals surface area contributed by atoms with Gasteiger partial charge in [-0.15, -0.1) is 0 Å². The van der Waals surface area contributed by atoms with E-state index in [0.717, 1.165) is 11.1 Å². The first-order valence-electron chi connectivity index (χ1n) is 11.1. The molecule has 0 saturated carbocycles. The van der Waals surface area contributed by atoms with E-state index in [4.69, 9.17) is 0 Å². The standard InChI is InChI=1S/C25H29N3O5S/c1-34-12-11-21(25(32)33)28-24(31)19-9-7-16(13-20(19)17-5-3-2-4-6-17)14-23(30)26-15-18-8-10-22(29)27-18/h2-7,9,13,18,21H,8,10-12,14-15H2,1H3,(H,26,30)(H,27,29)(H,28,31)(H,32,33). The molecule has 1 aliphatic heterocycles. The number of carboxylic acids is 1. The molecule has 2 unspecified atom stereocenters. The zero-order chi connectivity index (χ0) is 24.5. The second-order valence-electron chi connectivity index (χ2n) is 8.18. The highest BCUT2D eigenvalue weighted by atomic mass is 32.2. The van der Waals surface area contributed by atoms with Crippen LogP contribution >= 0.6 is 11.8 Å². The molecular formula is C25H29N3O5S. The lowest BCUT2D eigenvalue weighted by atomic mass is 9.95. The number of rotatable bonds is 11. The lowest BCUT2D eigenvalue weighted by Crippen LogP contribution is -2.41. The van der Waals surface area contributed by atoms with Gasteiger partial charge in [0, 0.05) is 24.6 Å². The van der Waals surface area contributed by atoms with Crippen LogP contribution in [-0.4, -0.2) is 59.4 Å². The Bertz CT molecular complexity index is 1040. The quantitative estimate of drug-likeness (QED) is 0.389. The van der Waals surface area contributed by atoms with E-state index >= 15 is 0 Å². The summed E-state index contributed by atoms with van der Waals surface area (Å²) < 4.78 is 0. The van der Waals surface area contributed by atoms with E-state index in [1.807, 2.05) is 36.6 Å². The molecular weight excluding hydrogens is 454 g/mol. The zero-order valence-corrected chi connectivity index (χ0v) is 19.8. The van der Waals surface area contributed by atoms with E-state index in [2.05, 4.69) is 16.0 Å². The maximum absolute atomic E-state index is 13.0. The van der Waals surface area contributed by atoms with Crippen molar-refractivity contribution in [3.63, 3.8) is 0 Å². The van der Waals surface area contributed by atoms with Gasteiger partial charge in [0.25, 0.3) is 5.91 Å². The van der Waals surface area contributed by atoms with Crippen LogP contribution < -0.4 is 16.0 Å². The average molecular weight is 484 g/mol. The lowest BCUT2D eigenvalue weighted by Gasteiger charge is -2.17. The molecule has 0 aliphatic carbocycles. The van der Waals surface area contributed by atoms with Gasteiger partial charge in [-0.3, -0.25) is 14.4 Å². The van der Waals surface area contributed by atoms with Crippen LogP contribution in [0, 0.1) is 0 Å². The molecule has 0 aromatic heterocycles. The van der Waals surface area contributed by atoms with Crippen molar-refractivity contribution in [2.45, 2.75) is 37.8 Å². The summed E-state index contributed by atoms with van der Waals surface area (Å²) in [6.45, 7) is 0.378. The molecule has 8 nitrogen and oxygen atoms in total. The fraction of sp³-hybridized carbons (Fsp3) is 0.360. The highest BCUT2D eigenvalue weighted by Gasteiger charge is 2.23. The Morgan fingerprint density at radius 3 is 2.59 bits per heavy atom. The maximum atomic E-state index is 13.0. The van der Waals surface area contributed by atoms with Crippen molar-refractivity contribution in [1.29, 1.82) is 0 Å². The van der Waals surface area contributed by atoms with Gasteiger partial charge in [0.2, 0.25) is 11.8 Å². The van der Waals surface area contributed by atoms with Gasteiger partial charge in [0.1, 0.15) is 6.04 Å².